The Hall–Kier alpha value is -2.04. The molecule has 2 N–H and O–H groups in total. The quantitative estimate of drug-likeness (QED) is 0.900. The maximum atomic E-state index is 11.7. The Morgan fingerprint density at radius 2 is 2.14 bits per heavy atom. The predicted octanol–water partition coefficient (Wildman–Crippen LogP) is 3.52. The number of hydrogen-bond donors (Lipinski definition) is 2. The lowest BCUT2D eigenvalue weighted by atomic mass is 9.71. The summed E-state index contributed by atoms with van der Waals surface area (Å²) >= 11 is 0. The number of nitrogens with one attached hydrogen (secondary N) is 1. The number of anilines is 1. The maximum Gasteiger partial charge on any atom is 0.311 e. The van der Waals surface area contributed by atoms with Gasteiger partial charge in [-0.25, -0.2) is 0 Å². The van der Waals surface area contributed by atoms with E-state index in [1.54, 1.807) is 0 Å². The molecule has 0 amide bonds. The second kappa shape index (κ2) is 5.39. The highest BCUT2D eigenvalue weighted by Crippen LogP contribution is 2.39. The summed E-state index contributed by atoms with van der Waals surface area (Å²) < 4.78 is 5.59. The van der Waals surface area contributed by atoms with Gasteiger partial charge in [-0.3, -0.25) is 4.79 Å². The van der Waals surface area contributed by atoms with Crippen LogP contribution < -0.4 is 5.32 Å². The van der Waals surface area contributed by atoms with Crippen molar-refractivity contribution in [3.05, 3.63) is 24.3 Å². The number of rotatable bonds is 4. The van der Waals surface area contributed by atoms with E-state index in [9.17, 15) is 9.90 Å². The van der Waals surface area contributed by atoms with Crippen LogP contribution in [0.4, 0.5) is 6.01 Å². The Kier molecular flexibility index (Phi) is 3.57. The fraction of sp³-hybridized carbons (Fsp3) is 0.500. The molecule has 0 aliphatic heterocycles. The van der Waals surface area contributed by atoms with Gasteiger partial charge in [-0.2, -0.15) is 4.98 Å². The van der Waals surface area contributed by atoms with Crippen molar-refractivity contribution < 1.29 is 14.3 Å². The number of fused-ring (bicyclic) bond motifs is 1. The molecular formula is C16H20N2O3. The van der Waals surface area contributed by atoms with Crippen molar-refractivity contribution in [1.82, 2.24) is 4.98 Å². The molecule has 3 rings (SSSR count). The first-order chi connectivity index (χ1) is 10.1. The maximum absolute atomic E-state index is 11.7. The molecule has 1 saturated carbocycles. The number of oxazole rings is 1. The van der Waals surface area contributed by atoms with Gasteiger partial charge in [-0.1, -0.05) is 19.1 Å². The zero-order valence-corrected chi connectivity index (χ0v) is 12.1. The Balaban J connectivity index is 1.73. The van der Waals surface area contributed by atoms with E-state index in [0.717, 1.165) is 18.4 Å². The molecule has 0 spiro atoms. The van der Waals surface area contributed by atoms with E-state index < -0.39 is 11.4 Å². The fourth-order valence-corrected chi connectivity index (χ4v) is 2.97. The summed E-state index contributed by atoms with van der Waals surface area (Å²) in [6.45, 7) is 2.54. The summed E-state index contributed by atoms with van der Waals surface area (Å²) in [6.07, 6.45) is 3.33. The highest BCUT2D eigenvalue weighted by atomic mass is 16.4. The molecule has 1 heterocycles. The first kappa shape index (κ1) is 13.9. The number of carboxylic acid groups (broad SMARTS) is 1. The largest absolute Gasteiger partial charge is 0.481 e. The molecule has 5 nitrogen and oxygen atoms in total. The predicted molar refractivity (Wildman–Crippen MR) is 80.2 cm³/mol. The molecule has 2 aromatic rings. The number of hydrogen-bond acceptors (Lipinski definition) is 4. The summed E-state index contributed by atoms with van der Waals surface area (Å²) in [6, 6.07) is 7.91. The first-order valence-electron chi connectivity index (χ1n) is 7.42. The molecular weight excluding hydrogens is 268 g/mol. The lowest BCUT2D eigenvalue weighted by molar-refractivity contribution is -0.150. The highest BCUT2D eigenvalue weighted by Gasteiger charge is 2.41. The average molecular weight is 288 g/mol. The van der Waals surface area contributed by atoms with Crippen LogP contribution in [0.15, 0.2) is 28.7 Å². The van der Waals surface area contributed by atoms with E-state index in [2.05, 4.69) is 17.2 Å². The van der Waals surface area contributed by atoms with E-state index in [1.807, 2.05) is 24.3 Å². The Labute approximate surface area is 123 Å². The van der Waals surface area contributed by atoms with Crippen LogP contribution in [0.3, 0.4) is 0 Å². The minimum atomic E-state index is -0.724. The molecule has 1 aromatic carbocycles. The summed E-state index contributed by atoms with van der Waals surface area (Å²) in [7, 11) is 0. The third-order valence-corrected chi connectivity index (χ3v) is 4.56. The summed E-state index contributed by atoms with van der Waals surface area (Å²) in [4.78, 5) is 16.0. The molecule has 1 aliphatic rings. The molecule has 0 saturated heterocycles. The fourth-order valence-electron chi connectivity index (χ4n) is 2.97. The number of aromatic nitrogens is 1. The van der Waals surface area contributed by atoms with Crippen LogP contribution in [0.25, 0.3) is 11.1 Å². The Morgan fingerprint density at radius 1 is 1.43 bits per heavy atom. The van der Waals surface area contributed by atoms with Crippen molar-refractivity contribution in [2.45, 2.75) is 32.6 Å². The van der Waals surface area contributed by atoms with Gasteiger partial charge in [0.15, 0.2) is 5.58 Å². The Morgan fingerprint density at radius 3 is 2.81 bits per heavy atom. The van der Waals surface area contributed by atoms with E-state index in [1.165, 1.54) is 0 Å². The summed E-state index contributed by atoms with van der Waals surface area (Å²) in [5.74, 6) is -0.111. The van der Waals surface area contributed by atoms with E-state index in [0.29, 0.717) is 36.9 Å². The third kappa shape index (κ3) is 2.73. The molecule has 21 heavy (non-hydrogen) atoms. The van der Waals surface area contributed by atoms with Gasteiger partial charge in [-0.05, 0) is 43.7 Å². The topological polar surface area (TPSA) is 75.4 Å². The van der Waals surface area contributed by atoms with Crippen LogP contribution in [0.5, 0.6) is 0 Å². The van der Waals surface area contributed by atoms with Crippen LogP contribution >= 0.6 is 0 Å². The smallest absolute Gasteiger partial charge is 0.311 e. The van der Waals surface area contributed by atoms with Crippen molar-refractivity contribution in [2.24, 2.45) is 11.3 Å². The van der Waals surface area contributed by atoms with E-state index in [4.69, 9.17) is 4.42 Å². The molecule has 0 atom stereocenters. The van der Waals surface area contributed by atoms with Crippen molar-refractivity contribution >= 4 is 23.1 Å². The lowest BCUT2D eigenvalue weighted by Crippen LogP contribution is -2.41. The van der Waals surface area contributed by atoms with Crippen LogP contribution in [0.2, 0.25) is 0 Å². The SMILES string of the molecule is CC1CCC(CNc2nc3ccccc3o2)(C(=O)O)CC1. The average Bonchev–Trinajstić information content (AvgIpc) is 2.89. The van der Waals surface area contributed by atoms with Crippen molar-refractivity contribution in [3.8, 4) is 0 Å². The normalized spacial score (nSPS) is 25.9. The van der Waals surface area contributed by atoms with Gasteiger partial charge in [0.1, 0.15) is 5.52 Å². The number of carbonyl (C=O) groups is 1. The van der Waals surface area contributed by atoms with Crippen molar-refractivity contribution in [2.75, 3.05) is 11.9 Å². The second-order valence-corrected chi connectivity index (χ2v) is 6.11. The van der Waals surface area contributed by atoms with Crippen LogP contribution in [-0.4, -0.2) is 22.6 Å². The van der Waals surface area contributed by atoms with Crippen molar-refractivity contribution in [1.29, 1.82) is 0 Å². The monoisotopic (exact) mass is 288 g/mol. The van der Waals surface area contributed by atoms with E-state index >= 15 is 0 Å². The number of para-hydroxylation sites is 2. The molecule has 0 unspecified atom stereocenters. The lowest BCUT2D eigenvalue weighted by Gasteiger charge is -2.35. The van der Waals surface area contributed by atoms with Crippen molar-refractivity contribution in [3.63, 3.8) is 0 Å². The molecule has 1 aromatic heterocycles. The number of aliphatic carboxylic acids is 1. The van der Waals surface area contributed by atoms with Crippen LogP contribution in [-0.2, 0) is 4.79 Å². The summed E-state index contributed by atoms with van der Waals surface area (Å²) in [5.41, 5.74) is 0.788. The minimum Gasteiger partial charge on any atom is -0.481 e. The third-order valence-electron chi connectivity index (χ3n) is 4.56. The van der Waals surface area contributed by atoms with Gasteiger partial charge in [0.2, 0.25) is 0 Å². The number of nitrogens with zero attached hydrogens (tertiary/aromatic N) is 1. The number of benzene rings is 1. The van der Waals surface area contributed by atoms with Gasteiger partial charge < -0.3 is 14.8 Å². The van der Waals surface area contributed by atoms with Gasteiger partial charge in [0.25, 0.3) is 6.01 Å². The zero-order valence-electron chi connectivity index (χ0n) is 12.1. The van der Waals surface area contributed by atoms with E-state index in [-0.39, 0.29) is 0 Å². The molecule has 0 radical (unpaired) electrons. The van der Waals surface area contributed by atoms with Gasteiger partial charge in [0.05, 0.1) is 5.41 Å². The highest BCUT2D eigenvalue weighted by molar-refractivity contribution is 5.76. The van der Waals surface area contributed by atoms with Crippen LogP contribution in [0, 0.1) is 11.3 Å². The first-order valence-corrected chi connectivity index (χ1v) is 7.42. The molecule has 5 heteroatoms. The van der Waals surface area contributed by atoms with Gasteiger partial charge >= 0.3 is 5.97 Å². The molecule has 1 fully saturated rings. The second-order valence-electron chi connectivity index (χ2n) is 6.11. The zero-order chi connectivity index (χ0) is 14.9. The standard InChI is InChI=1S/C16H20N2O3/c1-11-6-8-16(9-7-11,14(19)20)10-17-15-18-12-4-2-3-5-13(12)21-15/h2-5,11H,6-10H2,1H3,(H,17,18)(H,19,20). The minimum absolute atomic E-state index is 0.363. The van der Waals surface area contributed by atoms with Gasteiger partial charge in [-0.15, -0.1) is 0 Å². The number of carboxylic acids is 1. The van der Waals surface area contributed by atoms with Crippen LogP contribution in [0.1, 0.15) is 32.6 Å². The molecule has 1 aliphatic carbocycles. The molecule has 112 valence electrons. The van der Waals surface area contributed by atoms with Gasteiger partial charge in [0, 0.05) is 6.54 Å². The Bertz CT molecular complexity index is 609. The summed E-state index contributed by atoms with van der Waals surface area (Å²) in [5, 5.41) is 12.7. The molecule has 0 bridgehead atoms.